The van der Waals surface area contributed by atoms with E-state index in [2.05, 4.69) is 9.71 Å². The molecule has 1 aromatic heterocycles. The largest absolute Gasteiger partial charge is 0.477 e. The van der Waals surface area contributed by atoms with Gasteiger partial charge in [0.05, 0.1) is 0 Å². The third kappa shape index (κ3) is 3.33. The topological polar surface area (TPSA) is 99.3 Å². The predicted molar refractivity (Wildman–Crippen MR) is 67.0 cm³/mol. The van der Waals surface area contributed by atoms with E-state index >= 15 is 0 Å². The lowest BCUT2D eigenvalue weighted by Crippen LogP contribution is -2.36. The van der Waals surface area contributed by atoms with E-state index in [4.69, 9.17) is 5.11 Å². The second kappa shape index (κ2) is 5.53. The van der Waals surface area contributed by atoms with Crippen LogP contribution in [0.2, 0.25) is 0 Å². The van der Waals surface area contributed by atoms with E-state index in [1.807, 2.05) is 13.8 Å². The molecule has 0 saturated heterocycles. The first-order chi connectivity index (χ1) is 8.27. The predicted octanol–water partition coefficient (Wildman–Crippen LogP) is 1.43. The standard InChI is InChI=1S/C11H18N2O4S/c1-4-7(2)8(3)13-18(16,17)9-5-10(11(14)15)12-6-9/h5-8,12-13H,4H2,1-3H3,(H,14,15). The number of rotatable bonds is 6. The third-order valence-corrected chi connectivity index (χ3v) is 4.57. The Labute approximate surface area is 106 Å². The maximum absolute atomic E-state index is 12.0. The van der Waals surface area contributed by atoms with Crippen molar-refractivity contribution < 1.29 is 18.3 Å². The molecule has 0 aliphatic heterocycles. The molecule has 0 saturated carbocycles. The molecule has 0 aromatic carbocycles. The second-order valence-corrected chi connectivity index (χ2v) is 6.06. The van der Waals surface area contributed by atoms with Crippen LogP contribution < -0.4 is 4.72 Å². The molecule has 0 aliphatic rings. The number of hydrogen-bond donors (Lipinski definition) is 3. The van der Waals surface area contributed by atoms with Crippen molar-refractivity contribution in [2.75, 3.05) is 0 Å². The van der Waals surface area contributed by atoms with E-state index in [1.54, 1.807) is 6.92 Å². The highest BCUT2D eigenvalue weighted by atomic mass is 32.2. The van der Waals surface area contributed by atoms with Gasteiger partial charge in [-0.3, -0.25) is 0 Å². The minimum absolute atomic E-state index is 0.0601. The molecular formula is C11H18N2O4S. The maximum Gasteiger partial charge on any atom is 0.352 e. The van der Waals surface area contributed by atoms with Gasteiger partial charge in [0.15, 0.2) is 0 Å². The third-order valence-electron chi connectivity index (χ3n) is 3.04. The van der Waals surface area contributed by atoms with Gasteiger partial charge in [-0.1, -0.05) is 20.3 Å². The van der Waals surface area contributed by atoms with Crippen LogP contribution in [0.5, 0.6) is 0 Å². The van der Waals surface area contributed by atoms with Crippen molar-refractivity contribution in [3.05, 3.63) is 18.0 Å². The fraction of sp³-hybridized carbons (Fsp3) is 0.545. The lowest BCUT2D eigenvalue weighted by atomic mass is 10.0. The molecular weight excluding hydrogens is 256 g/mol. The summed E-state index contributed by atoms with van der Waals surface area (Å²) in [5.74, 6) is -0.982. The zero-order valence-electron chi connectivity index (χ0n) is 10.6. The molecule has 0 amide bonds. The number of carboxylic acids is 1. The number of aromatic carboxylic acids is 1. The van der Waals surface area contributed by atoms with E-state index in [9.17, 15) is 13.2 Å². The van der Waals surface area contributed by atoms with Gasteiger partial charge in [0.1, 0.15) is 10.6 Å². The molecule has 0 fully saturated rings. The molecule has 1 heterocycles. The van der Waals surface area contributed by atoms with Crippen LogP contribution in [0.15, 0.2) is 17.2 Å². The Kier molecular flexibility index (Phi) is 4.53. The van der Waals surface area contributed by atoms with Gasteiger partial charge in [0, 0.05) is 12.2 Å². The number of carbonyl (C=O) groups is 1. The van der Waals surface area contributed by atoms with Crippen LogP contribution in [0.3, 0.4) is 0 Å². The van der Waals surface area contributed by atoms with E-state index in [1.165, 1.54) is 6.20 Å². The smallest absolute Gasteiger partial charge is 0.352 e. The molecule has 102 valence electrons. The molecule has 0 radical (unpaired) electrons. The molecule has 0 bridgehead atoms. The van der Waals surface area contributed by atoms with Crippen molar-refractivity contribution in [3.63, 3.8) is 0 Å². The van der Waals surface area contributed by atoms with Crippen LogP contribution in [-0.2, 0) is 10.0 Å². The van der Waals surface area contributed by atoms with Crippen molar-refractivity contribution >= 4 is 16.0 Å². The molecule has 0 spiro atoms. The van der Waals surface area contributed by atoms with E-state index in [0.717, 1.165) is 12.5 Å². The fourth-order valence-corrected chi connectivity index (χ4v) is 2.78. The highest BCUT2D eigenvalue weighted by Gasteiger charge is 2.22. The van der Waals surface area contributed by atoms with Gasteiger partial charge in [0.2, 0.25) is 10.0 Å². The van der Waals surface area contributed by atoms with Crippen molar-refractivity contribution in [3.8, 4) is 0 Å². The van der Waals surface area contributed by atoms with Crippen molar-refractivity contribution in [1.82, 2.24) is 9.71 Å². The van der Waals surface area contributed by atoms with Gasteiger partial charge >= 0.3 is 5.97 Å². The minimum Gasteiger partial charge on any atom is -0.477 e. The Bertz CT molecular complexity index is 521. The fourth-order valence-electron chi connectivity index (χ4n) is 1.44. The van der Waals surface area contributed by atoms with Gasteiger partial charge < -0.3 is 10.1 Å². The molecule has 0 aliphatic carbocycles. The maximum atomic E-state index is 12.0. The van der Waals surface area contributed by atoms with Crippen LogP contribution in [-0.4, -0.2) is 30.5 Å². The summed E-state index contributed by atoms with van der Waals surface area (Å²) in [6, 6.07) is 0.900. The molecule has 6 nitrogen and oxygen atoms in total. The first-order valence-electron chi connectivity index (χ1n) is 5.72. The Morgan fingerprint density at radius 2 is 2.11 bits per heavy atom. The monoisotopic (exact) mass is 274 g/mol. The zero-order chi connectivity index (χ0) is 13.9. The van der Waals surface area contributed by atoms with E-state index in [0.29, 0.717) is 0 Å². The number of carboxylic acid groups (broad SMARTS) is 1. The number of hydrogen-bond acceptors (Lipinski definition) is 3. The molecule has 2 atom stereocenters. The van der Waals surface area contributed by atoms with Gasteiger partial charge in [-0.15, -0.1) is 0 Å². The van der Waals surface area contributed by atoms with E-state index in [-0.39, 0.29) is 22.5 Å². The van der Waals surface area contributed by atoms with Gasteiger partial charge in [-0.2, -0.15) is 0 Å². The summed E-state index contributed by atoms with van der Waals surface area (Å²) in [5.41, 5.74) is -0.147. The average molecular weight is 274 g/mol. The van der Waals surface area contributed by atoms with Gasteiger partial charge in [-0.25, -0.2) is 17.9 Å². The lowest BCUT2D eigenvalue weighted by Gasteiger charge is -2.19. The summed E-state index contributed by atoms with van der Waals surface area (Å²) in [6.45, 7) is 5.72. The summed E-state index contributed by atoms with van der Waals surface area (Å²) < 4.78 is 26.5. The summed E-state index contributed by atoms with van der Waals surface area (Å²) >= 11 is 0. The first kappa shape index (κ1) is 14.7. The van der Waals surface area contributed by atoms with Crippen molar-refractivity contribution in [2.45, 2.75) is 38.1 Å². The molecule has 18 heavy (non-hydrogen) atoms. The summed E-state index contributed by atoms with van der Waals surface area (Å²) in [4.78, 5) is 13.0. The number of H-pyrrole nitrogens is 1. The Hall–Kier alpha value is -1.34. The Morgan fingerprint density at radius 3 is 2.56 bits per heavy atom. The number of aromatic nitrogens is 1. The number of sulfonamides is 1. The van der Waals surface area contributed by atoms with Crippen molar-refractivity contribution in [2.24, 2.45) is 5.92 Å². The molecule has 7 heteroatoms. The lowest BCUT2D eigenvalue weighted by molar-refractivity contribution is 0.0691. The van der Waals surface area contributed by atoms with Crippen molar-refractivity contribution in [1.29, 1.82) is 0 Å². The van der Waals surface area contributed by atoms with Gasteiger partial charge in [0.25, 0.3) is 0 Å². The molecule has 1 rings (SSSR count). The van der Waals surface area contributed by atoms with E-state index < -0.39 is 16.0 Å². The van der Waals surface area contributed by atoms with Gasteiger partial charge in [-0.05, 0) is 18.9 Å². The summed E-state index contributed by atoms with van der Waals surface area (Å²) in [7, 11) is -3.67. The Morgan fingerprint density at radius 1 is 1.50 bits per heavy atom. The quantitative estimate of drug-likeness (QED) is 0.730. The van der Waals surface area contributed by atoms with Crippen LogP contribution in [0.4, 0.5) is 0 Å². The summed E-state index contributed by atoms with van der Waals surface area (Å²) in [5, 5.41) is 8.73. The summed E-state index contributed by atoms with van der Waals surface area (Å²) in [6.07, 6.45) is 2.03. The normalized spacial score (nSPS) is 15.3. The number of aromatic amines is 1. The molecule has 2 unspecified atom stereocenters. The SMILES string of the molecule is CCC(C)C(C)NS(=O)(=O)c1c[nH]c(C(=O)O)c1. The van der Waals surface area contributed by atoms with Crippen LogP contribution >= 0.6 is 0 Å². The van der Waals surface area contributed by atoms with Crippen LogP contribution in [0.25, 0.3) is 0 Å². The number of nitrogens with one attached hydrogen (secondary N) is 2. The highest BCUT2D eigenvalue weighted by Crippen LogP contribution is 2.14. The highest BCUT2D eigenvalue weighted by molar-refractivity contribution is 7.89. The first-order valence-corrected chi connectivity index (χ1v) is 7.20. The molecule has 1 aromatic rings. The van der Waals surface area contributed by atoms with Crippen LogP contribution in [0.1, 0.15) is 37.7 Å². The minimum atomic E-state index is -3.67. The average Bonchev–Trinajstić information content (AvgIpc) is 2.77. The second-order valence-electron chi connectivity index (χ2n) is 4.35. The Balaban J connectivity index is 2.89. The molecule has 3 N–H and O–H groups in total. The van der Waals surface area contributed by atoms with Crippen LogP contribution in [0, 0.1) is 5.92 Å². The zero-order valence-corrected chi connectivity index (χ0v) is 11.4.